The number of carbonyl (C=O) groups is 2. The number of rotatable bonds is 7. The first-order valence-electron chi connectivity index (χ1n) is 6.05. The summed E-state index contributed by atoms with van der Waals surface area (Å²) in [6, 6.07) is 3.81. The van der Waals surface area contributed by atoms with Gasteiger partial charge < -0.3 is 20.8 Å². The molecule has 1 atom stereocenters. The molecule has 0 aliphatic rings. The third kappa shape index (κ3) is 5.45. The monoisotopic (exact) mass is 297 g/mol. The van der Waals surface area contributed by atoms with Crippen molar-refractivity contribution in [3.63, 3.8) is 0 Å². The van der Waals surface area contributed by atoms with Crippen LogP contribution in [0.25, 0.3) is 0 Å². The number of aliphatic hydroxyl groups is 1. The van der Waals surface area contributed by atoms with E-state index >= 15 is 0 Å². The van der Waals surface area contributed by atoms with E-state index in [1.807, 2.05) is 0 Å². The smallest absolute Gasteiger partial charge is 0.328 e. The molecule has 1 rings (SSSR count). The molecule has 2 amide bonds. The van der Waals surface area contributed by atoms with Gasteiger partial charge in [-0.25, -0.2) is 9.59 Å². The summed E-state index contributed by atoms with van der Waals surface area (Å²) in [4.78, 5) is 31.9. The first-order valence-corrected chi connectivity index (χ1v) is 6.05. The highest BCUT2D eigenvalue weighted by atomic mass is 16.6. The number of aliphatic hydroxyl groups excluding tert-OH is 1. The Morgan fingerprint density at radius 3 is 2.38 bits per heavy atom. The quantitative estimate of drug-likeness (QED) is 0.408. The molecular formula is C12H15N3O6. The van der Waals surface area contributed by atoms with E-state index < -0.39 is 29.6 Å². The molecule has 1 aromatic rings. The number of nitrogens with one attached hydrogen (secondary N) is 2. The number of benzene rings is 1. The second-order valence-electron chi connectivity index (χ2n) is 4.15. The Balaban J connectivity index is 2.37. The molecule has 0 aliphatic carbocycles. The summed E-state index contributed by atoms with van der Waals surface area (Å²) in [7, 11) is 0. The molecular weight excluding hydrogens is 282 g/mol. The Labute approximate surface area is 119 Å². The fraction of sp³-hybridized carbons (Fsp3) is 0.333. The number of nitro benzene ring substituents is 1. The van der Waals surface area contributed by atoms with Crippen LogP contribution in [0.2, 0.25) is 0 Å². The largest absolute Gasteiger partial charge is 0.480 e. The van der Waals surface area contributed by atoms with Crippen LogP contribution in [0.5, 0.6) is 0 Å². The van der Waals surface area contributed by atoms with Gasteiger partial charge in [0.25, 0.3) is 5.69 Å². The zero-order chi connectivity index (χ0) is 15.8. The van der Waals surface area contributed by atoms with E-state index in [9.17, 15) is 19.7 Å². The van der Waals surface area contributed by atoms with Crippen molar-refractivity contribution >= 4 is 17.7 Å². The highest BCUT2D eigenvalue weighted by Crippen LogP contribution is 2.11. The molecule has 0 saturated carbocycles. The van der Waals surface area contributed by atoms with Gasteiger partial charge in [0.15, 0.2) is 6.04 Å². The summed E-state index contributed by atoms with van der Waals surface area (Å²) in [5, 5.41) is 32.4. The number of amides is 2. The van der Waals surface area contributed by atoms with Gasteiger partial charge in [0.2, 0.25) is 0 Å². The van der Waals surface area contributed by atoms with Crippen molar-refractivity contribution in [2.45, 2.75) is 12.5 Å². The Kier molecular flexibility index (Phi) is 6.08. The van der Waals surface area contributed by atoms with Crippen molar-refractivity contribution < 1.29 is 24.7 Å². The molecule has 21 heavy (non-hydrogen) atoms. The predicted octanol–water partition coefficient (Wildman–Crippen LogP) is -0.118. The molecule has 0 radical (unpaired) electrons. The number of carboxylic acids is 1. The summed E-state index contributed by atoms with van der Waals surface area (Å²) < 4.78 is 0. The van der Waals surface area contributed by atoms with Crippen molar-refractivity contribution in [1.82, 2.24) is 10.6 Å². The zero-order valence-electron chi connectivity index (χ0n) is 11.0. The minimum absolute atomic E-state index is 0.0169. The summed E-state index contributed by atoms with van der Waals surface area (Å²) in [5.41, 5.74) is 0.773. The fourth-order valence-electron chi connectivity index (χ4n) is 1.50. The molecule has 1 unspecified atom stereocenters. The van der Waals surface area contributed by atoms with Crippen molar-refractivity contribution in [1.29, 1.82) is 0 Å². The average Bonchev–Trinajstić information content (AvgIpc) is 2.45. The van der Waals surface area contributed by atoms with Gasteiger partial charge in [0, 0.05) is 18.7 Å². The SMILES string of the molecule is O=C(NCCc1ccc([N+](=O)[O-])cc1)NC(CO)C(=O)O. The van der Waals surface area contributed by atoms with Crippen LogP contribution in [0.3, 0.4) is 0 Å². The minimum atomic E-state index is -1.36. The maximum atomic E-state index is 11.4. The fourth-order valence-corrected chi connectivity index (χ4v) is 1.50. The van der Waals surface area contributed by atoms with Gasteiger partial charge >= 0.3 is 12.0 Å². The topological polar surface area (TPSA) is 142 Å². The molecule has 4 N–H and O–H groups in total. The van der Waals surface area contributed by atoms with Gasteiger partial charge in [-0.1, -0.05) is 12.1 Å². The summed E-state index contributed by atoms with van der Waals surface area (Å²) >= 11 is 0. The number of hydrogen-bond donors (Lipinski definition) is 4. The number of aliphatic carboxylic acids is 1. The second kappa shape index (κ2) is 7.80. The highest BCUT2D eigenvalue weighted by molar-refractivity contribution is 5.82. The standard InChI is InChI=1S/C12H15N3O6/c16-7-10(11(17)18)14-12(19)13-6-5-8-1-3-9(4-2-8)15(20)21/h1-4,10,16H,5-7H2,(H,17,18)(H2,13,14,19). The molecule has 9 nitrogen and oxygen atoms in total. The zero-order valence-corrected chi connectivity index (χ0v) is 11.0. The lowest BCUT2D eigenvalue weighted by Gasteiger charge is -2.12. The summed E-state index contributed by atoms with van der Waals surface area (Å²) in [6.45, 7) is -0.480. The van der Waals surface area contributed by atoms with Crippen LogP contribution in [0.1, 0.15) is 5.56 Å². The van der Waals surface area contributed by atoms with Crippen LogP contribution in [0.15, 0.2) is 24.3 Å². The van der Waals surface area contributed by atoms with Gasteiger partial charge in [-0.05, 0) is 12.0 Å². The van der Waals surface area contributed by atoms with Gasteiger partial charge in [-0.3, -0.25) is 10.1 Å². The van der Waals surface area contributed by atoms with Crippen molar-refractivity contribution in [2.75, 3.05) is 13.2 Å². The highest BCUT2D eigenvalue weighted by Gasteiger charge is 2.18. The van der Waals surface area contributed by atoms with Crippen LogP contribution in [0, 0.1) is 10.1 Å². The van der Waals surface area contributed by atoms with Crippen LogP contribution >= 0.6 is 0 Å². The lowest BCUT2D eigenvalue weighted by atomic mass is 10.1. The van der Waals surface area contributed by atoms with E-state index in [2.05, 4.69) is 10.6 Å². The molecule has 0 heterocycles. The van der Waals surface area contributed by atoms with E-state index in [1.165, 1.54) is 12.1 Å². The Morgan fingerprint density at radius 1 is 1.29 bits per heavy atom. The van der Waals surface area contributed by atoms with Crippen LogP contribution in [-0.2, 0) is 11.2 Å². The Hall–Kier alpha value is -2.68. The van der Waals surface area contributed by atoms with E-state index in [4.69, 9.17) is 10.2 Å². The van der Waals surface area contributed by atoms with E-state index in [0.29, 0.717) is 6.42 Å². The number of hydrogen-bond acceptors (Lipinski definition) is 5. The normalized spacial score (nSPS) is 11.5. The molecule has 0 fully saturated rings. The van der Waals surface area contributed by atoms with Gasteiger partial charge in [0.05, 0.1) is 11.5 Å². The van der Waals surface area contributed by atoms with Crippen LogP contribution in [-0.4, -0.2) is 46.3 Å². The molecule has 0 bridgehead atoms. The van der Waals surface area contributed by atoms with Gasteiger partial charge in [-0.15, -0.1) is 0 Å². The van der Waals surface area contributed by atoms with Crippen LogP contribution < -0.4 is 10.6 Å². The molecule has 0 saturated heterocycles. The number of urea groups is 1. The molecule has 9 heteroatoms. The molecule has 114 valence electrons. The first-order chi connectivity index (χ1) is 9.93. The Morgan fingerprint density at radius 2 is 1.90 bits per heavy atom. The maximum Gasteiger partial charge on any atom is 0.328 e. The van der Waals surface area contributed by atoms with Crippen molar-refractivity contribution in [3.8, 4) is 0 Å². The van der Waals surface area contributed by atoms with Gasteiger partial charge in [0.1, 0.15) is 0 Å². The number of nitrogens with zero attached hydrogens (tertiary/aromatic N) is 1. The molecule has 0 aliphatic heterocycles. The summed E-state index contributed by atoms with van der Waals surface area (Å²) in [5.74, 6) is -1.33. The Bertz CT molecular complexity index is 516. The second-order valence-corrected chi connectivity index (χ2v) is 4.15. The molecule has 1 aromatic carbocycles. The van der Waals surface area contributed by atoms with Crippen molar-refractivity contribution in [3.05, 3.63) is 39.9 Å². The average molecular weight is 297 g/mol. The third-order valence-corrected chi connectivity index (χ3v) is 2.63. The summed E-state index contributed by atoms with van der Waals surface area (Å²) in [6.07, 6.45) is 0.433. The third-order valence-electron chi connectivity index (χ3n) is 2.63. The lowest BCUT2D eigenvalue weighted by Crippen LogP contribution is -2.48. The van der Waals surface area contributed by atoms with Crippen LogP contribution in [0.4, 0.5) is 10.5 Å². The van der Waals surface area contributed by atoms with Crippen molar-refractivity contribution in [2.24, 2.45) is 0 Å². The van der Waals surface area contributed by atoms with E-state index in [1.54, 1.807) is 12.1 Å². The maximum absolute atomic E-state index is 11.4. The van der Waals surface area contributed by atoms with E-state index in [-0.39, 0.29) is 12.2 Å². The first kappa shape index (κ1) is 16.4. The minimum Gasteiger partial charge on any atom is -0.480 e. The number of nitro groups is 1. The lowest BCUT2D eigenvalue weighted by molar-refractivity contribution is -0.384. The number of carboxylic acid groups (broad SMARTS) is 1. The molecule has 0 aromatic heterocycles. The molecule has 0 spiro atoms. The number of carbonyl (C=O) groups excluding carboxylic acids is 1. The van der Waals surface area contributed by atoms with Gasteiger partial charge in [-0.2, -0.15) is 0 Å². The van der Waals surface area contributed by atoms with E-state index in [0.717, 1.165) is 5.56 Å². The number of non-ortho nitro benzene ring substituents is 1. The predicted molar refractivity (Wildman–Crippen MR) is 71.8 cm³/mol.